The van der Waals surface area contributed by atoms with E-state index >= 15 is 0 Å². The number of aromatic nitrogens is 1. The van der Waals surface area contributed by atoms with Gasteiger partial charge in [0.2, 0.25) is 11.8 Å². The van der Waals surface area contributed by atoms with E-state index in [9.17, 15) is 14.4 Å². The molecular formula is C17H22N4O5S. The molecule has 0 unspecified atom stereocenters. The van der Waals surface area contributed by atoms with Gasteiger partial charge in [0.15, 0.2) is 0 Å². The maximum atomic E-state index is 12.3. The molecule has 2 amide bonds. The fourth-order valence-electron chi connectivity index (χ4n) is 2.56. The number of aromatic amines is 1. The molecule has 0 saturated carbocycles. The molecule has 10 heteroatoms. The minimum atomic E-state index is -1.46. The van der Waals surface area contributed by atoms with E-state index in [0.29, 0.717) is 0 Å². The van der Waals surface area contributed by atoms with E-state index in [1.807, 2.05) is 24.3 Å². The van der Waals surface area contributed by atoms with Gasteiger partial charge in [0.05, 0.1) is 12.6 Å². The minimum absolute atomic E-state index is 0.0604. The Hall–Kier alpha value is -2.56. The summed E-state index contributed by atoms with van der Waals surface area (Å²) in [5, 5.41) is 23.4. The quantitative estimate of drug-likeness (QED) is 0.271. The number of carboxylic acid groups (broad SMARTS) is 1. The van der Waals surface area contributed by atoms with Crippen LogP contribution < -0.4 is 16.4 Å². The molecule has 1 aromatic heterocycles. The van der Waals surface area contributed by atoms with E-state index in [0.717, 1.165) is 16.5 Å². The standard InChI is InChI=1S/C17H22N4O5S/c18-11(5-9-6-19-12-4-2-1-3-10(9)12)15(23)21-14(8-27)16(24)20-13(7-22)17(25)26/h1-4,6,11,13-14,19,22,27H,5,7-8,18H2,(H,20,24)(H,21,23)(H,25,26)/t11-,13-,14-/m0/s1. The van der Waals surface area contributed by atoms with Crippen molar-refractivity contribution in [3.05, 3.63) is 36.0 Å². The van der Waals surface area contributed by atoms with E-state index in [1.54, 1.807) is 6.20 Å². The molecule has 0 radical (unpaired) electrons. The smallest absolute Gasteiger partial charge is 0.328 e. The van der Waals surface area contributed by atoms with Crippen LogP contribution in [0.3, 0.4) is 0 Å². The van der Waals surface area contributed by atoms with Crippen LogP contribution in [0.4, 0.5) is 0 Å². The first kappa shape index (κ1) is 20.7. The first-order chi connectivity index (χ1) is 12.9. The third-order valence-corrected chi connectivity index (χ3v) is 4.43. The fraction of sp³-hybridized carbons (Fsp3) is 0.353. The predicted molar refractivity (Wildman–Crippen MR) is 102 cm³/mol. The number of rotatable bonds is 9. The Bertz CT molecular complexity index is 825. The number of thiol groups is 1. The van der Waals surface area contributed by atoms with Crippen molar-refractivity contribution in [2.75, 3.05) is 12.4 Å². The van der Waals surface area contributed by atoms with Gasteiger partial charge in [-0.15, -0.1) is 0 Å². The molecule has 0 spiro atoms. The highest BCUT2D eigenvalue weighted by molar-refractivity contribution is 7.80. The number of H-pyrrole nitrogens is 1. The molecule has 1 aromatic carbocycles. The van der Waals surface area contributed by atoms with Gasteiger partial charge in [-0.05, 0) is 18.1 Å². The molecule has 27 heavy (non-hydrogen) atoms. The van der Waals surface area contributed by atoms with Crippen LogP contribution in [0.15, 0.2) is 30.5 Å². The summed E-state index contributed by atoms with van der Waals surface area (Å²) in [5.74, 6) is -2.77. The number of nitrogens with one attached hydrogen (secondary N) is 3. The lowest BCUT2D eigenvalue weighted by molar-refractivity contribution is -0.143. The number of hydrogen-bond acceptors (Lipinski definition) is 6. The van der Waals surface area contributed by atoms with Gasteiger partial charge in [-0.1, -0.05) is 18.2 Å². The Morgan fingerprint density at radius 2 is 1.81 bits per heavy atom. The lowest BCUT2D eigenvalue weighted by atomic mass is 10.0. The number of benzene rings is 1. The molecule has 0 fully saturated rings. The fourth-order valence-corrected chi connectivity index (χ4v) is 2.82. The number of nitrogens with two attached hydrogens (primary N) is 1. The predicted octanol–water partition coefficient (Wildman–Crippen LogP) is -0.986. The van der Waals surface area contributed by atoms with Gasteiger partial charge in [0, 0.05) is 22.9 Å². The third-order valence-electron chi connectivity index (χ3n) is 4.06. The van der Waals surface area contributed by atoms with Crippen LogP contribution in [0.1, 0.15) is 5.56 Å². The van der Waals surface area contributed by atoms with Crippen molar-refractivity contribution in [3.63, 3.8) is 0 Å². The molecule has 3 atom stereocenters. The Morgan fingerprint density at radius 1 is 1.15 bits per heavy atom. The maximum Gasteiger partial charge on any atom is 0.328 e. The Kier molecular flexibility index (Phi) is 7.22. The van der Waals surface area contributed by atoms with Crippen molar-refractivity contribution >= 4 is 41.3 Å². The largest absolute Gasteiger partial charge is 0.480 e. The number of carbonyl (C=O) groups excluding carboxylic acids is 2. The van der Waals surface area contributed by atoms with Crippen molar-refractivity contribution in [1.82, 2.24) is 15.6 Å². The average Bonchev–Trinajstić information content (AvgIpc) is 3.06. The number of hydrogen-bond donors (Lipinski definition) is 7. The van der Waals surface area contributed by atoms with Crippen LogP contribution >= 0.6 is 12.6 Å². The normalized spacial score (nSPS) is 14.3. The zero-order valence-electron chi connectivity index (χ0n) is 14.4. The van der Waals surface area contributed by atoms with E-state index in [1.165, 1.54) is 0 Å². The Morgan fingerprint density at radius 3 is 2.44 bits per heavy atom. The highest BCUT2D eigenvalue weighted by Gasteiger charge is 2.27. The molecule has 0 saturated heterocycles. The third kappa shape index (κ3) is 5.22. The maximum absolute atomic E-state index is 12.3. The van der Waals surface area contributed by atoms with Gasteiger partial charge >= 0.3 is 5.97 Å². The van der Waals surface area contributed by atoms with Crippen molar-refractivity contribution in [1.29, 1.82) is 0 Å². The van der Waals surface area contributed by atoms with Crippen molar-refractivity contribution < 1.29 is 24.6 Å². The van der Waals surface area contributed by atoms with Crippen LogP contribution in [-0.4, -0.2) is 63.5 Å². The first-order valence-corrected chi connectivity index (χ1v) is 8.86. The second-order valence-electron chi connectivity index (χ2n) is 6.00. The van der Waals surface area contributed by atoms with Crippen LogP contribution in [0.25, 0.3) is 10.9 Å². The lowest BCUT2D eigenvalue weighted by Gasteiger charge is -2.21. The number of carbonyl (C=O) groups is 3. The van der Waals surface area contributed by atoms with Crippen molar-refractivity contribution in [2.24, 2.45) is 5.73 Å². The van der Waals surface area contributed by atoms with Crippen LogP contribution in [0.2, 0.25) is 0 Å². The second-order valence-corrected chi connectivity index (χ2v) is 6.36. The summed E-state index contributed by atoms with van der Waals surface area (Å²) in [6.45, 7) is -0.769. The van der Waals surface area contributed by atoms with E-state index < -0.39 is 42.5 Å². The molecule has 2 aromatic rings. The molecule has 0 aliphatic heterocycles. The summed E-state index contributed by atoms with van der Waals surface area (Å²) < 4.78 is 0. The number of amides is 2. The monoisotopic (exact) mass is 394 g/mol. The SMILES string of the molecule is N[C@@H](Cc1c[nH]c2ccccc12)C(=O)N[C@@H](CS)C(=O)N[C@@H](CO)C(=O)O. The first-order valence-electron chi connectivity index (χ1n) is 8.23. The highest BCUT2D eigenvalue weighted by Crippen LogP contribution is 2.18. The highest BCUT2D eigenvalue weighted by atomic mass is 32.1. The van der Waals surface area contributed by atoms with Gasteiger partial charge in [-0.25, -0.2) is 4.79 Å². The zero-order valence-corrected chi connectivity index (χ0v) is 15.3. The number of carboxylic acids is 1. The number of aliphatic hydroxyl groups is 1. The average molecular weight is 394 g/mol. The summed E-state index contributed by atoms with van der Waals surface area (Å²) in [5.41, 5.74) is 7.76. The van der Waals surface area contributed by atoms with Gasteiger partial charge < -0.3 is 31.6 Å². The number of aliphatic hydroxyl groups excluding tert-OH is 1. The van der Waals surface area contributed by atoms with Gasteiger partial charge in [-0.2, -0.15) is 12.6 Å². The van der Waals surface area contributed by atoms with E-state index in [4.69, 9.17) is 15.9 Å². The van der Waals surface area contributed by atoms with E-state index in [-0.39, 0.29) is 12.2 Å². The van der Waals surface area contributed by atoms with Gasteiger partial charge in [0.25, 0.3) is 0 Å². The minimum Gasteiger partial charge on any atom is -0.480 e. The number of para-hydroxylation sites is 1. The molecule has 0 bridgehead atoms. The summed E-state index contributed by atoms with van der Waals surface area (Å²) in [6, 6.07) is 4.14. The summed E-state index contributed by atoms with van der Waals surface area (Å²) in [4.78, 5) is 38.4. The van der Waals surface area contributed by atoms with Crippen molar-refractivity contribution in [2.45, 2.75) is 24.5 Å². The van der Waals surface area contributed by atoms with Crippen molar-refractivity contribution in [3.8, 4) is 0 Å². The molecule has 146 valence electrons. The topological polar surface area (TPSA) is 158 Å². The Labute approximate surface area is 160 Å². The van der Waals surface area contributed by atoms with Crippen LogP contribution in [-0.2, 0) is 20.8 Å². The van der Waals surface area contributed by atoms with Crippen LogP contribution in [0, 0.1) is 0 Å². The zero-order chi connectivity index (χ0) is 20.0. The molecule has 0 aliphatic carbocycles. The molecular weight excluding hydrogens is 372 g/mol. The lowest BCUT2D eigenvalue weighted by Crippen LogP contribution is -2.56. The van der Waals surface area contributed by atoms with Gasteiger partial charge in [-0.3, -0.25) is 9.59 Å². The summed E-state index contributed by atoms with van der Waals surface area (Å²) in [6.07, 6.45) is 2.03. The molecule has 7 N–H and O–H groups in total. The van der Waals surface area contributed by atoms with Crippen LogP contribution in [0.5, 0.6) is 0 Å². The summed E-state index contributed by atoms with van der Waals surface area (Å²) >= 11 is 4.01. The van der Waals surface area contributed by atoms with Gasteiger partial charge in [0.1, 0.15) is 12.1 Å². The molecule has 0 aliphatic rings. The number of aliphatic carboxylic acids is 1. The Balaban J connectivity index is 1.98. The number of fused-ring (bicyclic) bond motifs is 1. The summed E-state index contributed by atoms with van der Waals surface area (Å²) in [7, 11) is 0. The molecule has 9 nitrogen and oxygen atoms in total. The second kappa shape index (κ2) is 9.40. The molecule has 1 heterocycles. The van der Waals surface area contributed by atoms with E-state index in [2.05, 4.69) is 28.2 Å². The molecule has 2 rings (SSSR count).